The lowest BCUT2D eigenvalue weighted by Crippen LogP contribution is -2.64. The normalized spacial score (nSPS) is 53.1. The second-order valence-corrected chi connectivity index (χ2v) is 11.7. The van der Waals surface area contributed by atoms with Crippen molar-refractivity contribution in [3.05, 3.63) is 0 Å². The van der Waals surface area contributed by atoms with Gasteiger partial charge in [-0.1, -0.05) is 0 Å². The predicted molar refractivity (Wildman–Crippen MR) is 101 cm³/mol. The molecule has 0 aromatic carbocycles. The van der Waals surface area contributed by atoms with E-state index in [1.807, 2.05) is 0 Å². The minimum Gasteiger partial charge on any atom is -0.331 e. The number of carbonyl (C=O) groups excluding carboxylic acids is 1. The molecule has 0 atom stereocenters. The molecule has 0 aliphatic heterocycles. The molecule has 3 N–H and O–H groups in total. The molecular formula is C22H35N3O. The molecule has 8 bridgehead atoms. The van der Waals surface area contributed by atoms with Gasteiger partial charge >= 0.3 is 6.03 Å². The fourth-order valence-corrected chi connectivity index (χ4v) is 9.48. The number of nitrogens with one attached hydrogen (secondary N) is 1. The van der Waals surface area contributed by atoms with Gasteiger partial charge in [-0.05, 0) is 118 Å². The summed E-state index contributed by atoms with van der Waals surface area (Å²) in [6.45, 7) is 0.786. The molecule has 0 unspecified atom stereocenters. The second-order valence-electron chi connectivity index (χ2n) is 11.7. The zero-order valence-electron chi connectivity index (χ0n) is 16.1. The van der Waals surface area contributed by atoms with Crippen molar-refractivity contribution in [1.82, 2.24) is 10.3 Å². The third kappa shape index (κ3) is 2.54. The molecule has 0 spiro atoms. The Balaban J connectivity index is 1.14. The number of amides is 2. The summed E-state index contributed by atoms with van der Waals surface area (Å²) < 4.78 is 0. The Bertz CT molecular complexity index is 544. The first-order chi connectivity index (χ1) is 12.5. The Hall–Kier alpha value is -0.770. The van der Waals surface area contributed by atoms with Gasteiger partial charge in [-0.25, -0.2) is 10.6 Å². The van der Waals surface area contributed by atoms with Crippen molar-refractivity contribution in [1.29, 1.82) is 0 Å². The van der Waals surface area contributed by atoms with Gasteiger partial charge in [0.25, 0.3) is 0 Å². The van der Waals surface area contributed by atoms with Gasteiger partial charge in [-0.15, -0.1) is 0 Å². The quantitative estimate of drug-likeness (QED) is 0.455. The van der Waals surface area contributed by atoms with Crippen LogP contribution in [0.3, 0.4) is 0 Å². The van der Waals surface area contributed by atoms with Crippen LogP contribution in [0.15, 0.2) is 0 Å². The van der Waals surface area contributed by atoms with Crippen LogP contribution in [-0.2, 0) is 0 Å². The van der Waals surface area contributed by atoms with Crippen LogP contribution in [0.2, 0.25) is 0 Å². The van der Waals surface area contributed by atoms with E-state index in [2.05, 4.69) is 5.32 Å². The molecule has 26 heavy (non-hydrogen) atoms. The fraction of sp³-hybridized carbons (Fsp3) is 0.955. The molecule has 4 nitrogen and oxygen atoms in total. The number of urea groups is 1. The molecule has 4 heteroatoms. The van der Waals surface area contributed by atoms with Crippen LogP contribution in [0, 0.1) is 40.9 Å². The standard InChI is InChI=1S/C22H35N3O/c23-25(13-21-7-14-1-15(8-21)3-16(2-14)9-21)20(26)24-22-10-17-4-18(11-22)6-19(5-17)12-22/h14-19H,1-13,23H2,(H,24,26). The second kappa shape index (κ2) is 5.40. The molecule has 2 amide bonds. The van der Waals surface area contributed by atoms with Gasteiger partial charge in [0, 0.05) is 12.1 Å². The number of hydrazine groups is 1. The molecular weight excluding hydrogens is 322 g/mol. The average Bonchev–Trinajstić information content (AvgIpc) is 2.51. The third-order valence-corrected chi connectivity index (χ3v) is 9.34. The minimum absolute atomic E-state index is 0.0164. The van der Waals surface area contributed by atoms with E-state index in [1.165, 1.54) is 77.0 Å². The maximum absolute atomic E-state index is 13.0. The highest BCUT2D eigenvalue weighted by molar-refractivity contribution is 5.74. The fourth-order valence-electron chi connectivity index (χ4n) is 9.48. The summed E-state index contributed by atoms with van der Waals surface area (Å²) in [5.41, 5.74) is 0.410. The molecule has 0 radical (unpaired) electrons. The number of nitrogens with zero attached hydrogens (tertiary/aromatic N) is 1. The largest absolute Gasteiger partial charge is 0.331 e. The topological polar surface area (TPSA) is 58.4 Å². The Kier molecular flexibility index (Phi) is 3.36. The van der Waals surface area contributed by atoms with Crippen molar-refractivity contribution in [2.45, 2.75) is 82.6 Å². The molecule has 0 aromatic rings. The number of hydrogen-bond acceptors (Lipinski definition) is 2. The van der Waals surface area contributed by atoms with E-state index in [0.717, 1.165) is 42.1 Å². The van der Waals surface area contributed by atoms with Crippen molar-refractivity contribution >= 4 is 6.03 Å². The Morgan fingerprint density at radius 1 is 0.769 bits per heavy atom. The molecule has 0 saturated heterocycles. The average molecular weight is 358 g/mol. The lowest BCUT2D eigenvalue weighted by Gasteiger charge is -2.58. The predicted octanol–water partition coefficient (Wildman–Crippen LogP) is 4.06. The molecule has 0 heterocycles. The van der Waals surface area contributed by atoms with Crippen LogP contribution in [0.4, 0.5) is 4.79 Å². The first-order valence-corrected chi connectivity index (χ1v) is 11.3. The molecule has 8 aliphatic rings. The monoisotopic (exact) mass is 357 g/mol. The highest BCUT2D eigenvalue weighted by atomic mass is 16.2. The third-order valence-electron chi connectivity index (χ3n) is 9.34. The van der Waals surface area contributed by atoms with Gasteiger partial charge in [-0.2, -0.15) is 0 Å². The van der Waals surface area contributed by atoms with Crippen LogP contribution >= 0.6 is 0 Å². The summed E-state index contributed by atoms with van der Waals surface area (Å²) in [5, 5.41) is 5.06. The van der Waals surface area contributed by atoms with Crippen molar-refractivity contribution < 1.29 is 4.79 Å². The van der Waals surface area contributed by atoms with Crippen LogP contribution in [0.1, 0.15) is 77.0 Å². The Labute approximate surface area is 157 Å². The first kappa shape index (κ1) is 16.2. The summed E-state index contributed by atoms with van der Waals surface area (Å²) in [6.07, 6.45) is 16.1. The Morgan fingerprint density at radius 2 is 1.15 bits per heavy atom. The van der Waals surface area contributed by atoms with Gasteiger partial charge in [0.1, 0.15) is 0 Å². The summed E-state index contributed by atoms with van der Waals surface area (Å²) in [4.78, 5) is 13.0. The van der Waals surface area contributed by atoms with Gasteiger partial charge in [0.2, 0.25) is 0 Å². The van der Waals surface area contributed by atoms with Gasteiger partial charge in [0.15, 0.2) is 0 Å². The molecule has 8 saturated carbocycles. The highest BCUT2D eigenvalue weighted by Crippen LogP contribution is 2.60. The lowest BCUT2D eigenvalue weighted by atomic mass is 9.49. The summed E-state index contributed by atoms with van der Waals surface area (Å²) in [7, 11) is 0. The van der Waals surface area contributed by atoms with Gasteiger partial charge in [0.05, 0.1) is 0 Å². The summed E-state index contributed by atoms with van der Waals surface area (Å²) in [6, 6.07) is 0.0164. The molecule has 0 aromatic heterocycles. The number of nitrogens with two attached hydrogens (primary N) is 1. The van der Waals surface area contributed by atoms with Crippen molar-refractivity contribution in [2.24, 2.45) is 46.8 Å². The van der Waals surface area contributed by atoms with Crippen LogP contribution in [0.25, 0.3) is 0 Å². The maximum Gasteiger partial charge on any atom is 0.331 e. The van der Waals surface area contributed by atoms with E-state index in [-0.39, 0.29) is 11.6 Å². The van der Waals surface area contributed by atoms with Crippen LogP contribution in [-0.4, -0.2) is 23.1 Å². The van der Waals surface area contributed by atoms with Crippen molar-refractivity contribution in [2.75, 3.05) is 6.54 Å². The molecule has 8 rings (SSSR count). The summed E-state index contributed by atoms with van der Waals surface area (Å²) in [5.74, 6) is 11.7. The summed E-state index contributed by atoms with van der Waals surface area (Å²) >= 11 is 0. The maximum atomic E-state index is 13.0. The van der Waals surface area contributed by atoms with E-state index < -0.39 is 0 Å². The van der Waals surface area contributed by atoms with Crippen molar-refractivity contribution in [3.8, 4) is 0 Å². The van der Waals surface area contributed by atoms with E-state index >= 15 is 0 Å². The zero-order valence-corrected chi connectivity index (χ0v) is 16.1. The SMILES string of the molecule is NN(CC12CC3CC(CC(C3)C1)C2)C(=O)NC12CC3CC(CC(C3)C1)C2. The first-order valence-electron chi connectivity index (χ1n) is 11.3. The van der Waals surface area contributed by atoms with E-state index in [4.69, 9.17) is 5.84 Å². The minimum atomic E-state index is 0.0164. The number of hydrogen-bond donors (Lipinski definition) is 2. The number of carbonyl (C=O) groups is 1. The highest BCUT2D eigenvalue weighted by Gasteiger charge is 2.53. The zero-order chi connectivity index (χ0) is 17.5. The van der Waals surface area contributed by atoms with E-state index in [1.54, 1.807) is 5.01 Å². The number of rotatable bonds is 3. The van der Waals surface area contributed by atoms with Crippen LogP contribution < -0.4 is 11.2 Å². The molecule has 144 valence electrons. The van der Waals surface area contributed by atoms with E-state index in [0.29, 0.717) is 5.41 Å². The lowest BCUT2D eigenvalue weighted by molar-refractivity contribution is -0.0656. The molecule has 8 fully saturated rings. The van der Waals surface area contributed by atoms with Crippen LogP contribution in [0.5, 0.6) is 0 Å². The smallest absolute Gasteiger partial charge is 0.331 e. The van der Waals surface area contributed by atoms with E-state index in [9.17, 15) is 4.79 Å². The van der Waals surface area contributed by atoms with Gasteiger partial charge in [-0.3, -0.25) is 5.01 Å². The Morgan fingerprint density at radius 3 is 1.58 bits per heavy atom. The van der Waals surface area contributed by atoms with Crippen molar-refractivity contribution in [3.63, 3.8) is 0 Å². The van der Waals surface area contributed by atoms with Gasteiger partial charge < -0.3 is 5.32 Å². The molecule has 8 aliphatic carbocycles.